The number of ether oxygens (including phenoxy) is 1. The number of oxazole rings is 1. The van der Waals surface area contributed by atoms with Gasteiger partial charge >= 0.3 is 6.03 Å². The number of methoxy groups -OCH3 is 1. The van der Waals surface area contributed by atoms with Gasteiger partial charge in [0.2, 0.25) is 0 Å². The van der Waals surface area contributed by atoms with Crippen molar-refractivity contribution in [1.29, 1.82) is 0 Å². The SMILES string of the molecule is COc1cc(NNC(N)=O)ccc1-c1cnco1. The van der Waals surface area contributed by atoms with Crippen LogP contribution in [0.3, 0.4) is 0 Å². The van der Waals surface area contributed by atoms with Crippen molar-refractivity contribution in [3.05, 3.63) is 30.8 Å². The molecule has 2 aromatic rings. The number of anilines is 1. The standard InChI is InChI=1S/C11H12N4O3/c1-17-9-4-7(14-15-11(12)16)2-3-8(9)10-5-13-6-18-10/h2-6,14H,1H3,(H3,12,15,16). The summed E-state index contributed by atoms with van der Waals surface area (Å²) >= 11 is 0. The fourth-order valence-electron chi connectivity index (χ4n) is 1.46. The monoisotopic (exact) mass is 248 g/mol. The zero-order chi connectivity index (χ0) is 13.0. The van der Waals surface area contributed by atoms with Crippen molar-refractivity contribution in [2.24, 2.45) is 5.73 Å². The van der Waals surface area contributed by atoms with E-state index in [-0.39, 0.29) is 0 Å². The van der Waals surface area contributed by atoms with Gasteiger partial charge in [-0.2, -0.15) is 0 Å². The molecule has 2 rings (SSSR count). The topological polar surface area (TPSA) is 102 Å². The van der Waals surface area contributed by atoms with Crippen LogP contribution in [0.5, 0.6) is 5.75 Å². The number of carbonyl (C=O) groups is 1. The van der Waals surface area contributed by atoms with E-state index in [1.807, 2.05) is 0 Å². The highest BCUT2D eigenvalue weighted by Gasteiger charge is 2.09. The first kappa shape index (κ1) is 11.8. The van der Waals surface area contributed by atoms with E-state index in [1.165, 1.54) is 6.39 Å². The number of hydrogen-bond acceptors (Lipinski definition) is 5. The van der Waals surface area contributed by atoms with Crippen LogP contribution in [0.2, 0.25) is 0 Å². The smallest absolute Gasteiger partial charge is 0.330 e. The van der Waals surface area contributed by atoms with Crippen molar-refractivity contribution in [2.75, 3.05) is 12.5 Å². The van der Waals surface area contributed by atoms with Gasteiger partial charge in [0.15, 0.2) is 12.2 Å². The molecular formula is C11H12N4O3. The highest BCUT2D eigenvalue weighted by molar-refractivity contribution is 5.74. The van der Waals surface area contributed by atoms with E-state index in [2.05, 4.69) is 15.8 Å². The number of nitrogens with two attached hydrogens (primary N) is 1. The molecule has 1 heterocycles. The van der Waals surface area contributed by atoms with Crippen LogP contribution >= 0.6 is 0 Å². The molecule has 7 heteroatoms. The number of amides is 2. The third-order valence-corrected chi connectivity index (χ3v) is 2.23. The maximum atomic E-state index is 10.6. The molecule has 0 bridgehead atoms. The fourth-order valence-corrected chi connectivity index (χ4v) is 1.46. The molecule has 0 unspecified atom stereocenters. The van der Waals surface area contributed by atoms with Gasteiger partial charge in [-0.05, 0) is 12.1 Å². The quantitative estimate of drug-likeness (QED) is 0.708. The van der Waals surface area contributed by atoms with Gasteiger partial charge < -0.3 is 14.9 Å². The lowest BCUT2D eigenvalue weighted by Gasteiger charge is -2.10. The molecule has 0 aliphatic rings. The zero-order valence-electron chi connectivity index (χ0n) is 9.64. The number of urea groups is 1. The Labute approximate surface area is 103 Å². The predicted octanol–water partition coefficient (Wildman–Crippen LogP) is 1.35. The van der Waals surface area contributed by atoms with Gasteiger partial charge in [0.05, 0.1) is 24.6 Å². The summed E-state index contributed by atoms with van der Waals surface area (Å²) in [6.45, 7) is 0. The van der Waals surface area contributed by atoms with E-state index in [9.17, 15) is 4.79 Å². The molecule has 0 radical (unpaired) electrons. The molecule has 94 valence electrons. The van der Waals surface area contributed by atoms with Crippen LogP contribution in [0.1, 0.15) is 0 Å². The van der Waals surface area contributed by atoms with Crippen molar-refractivity contribution in [3.63, 3.8) is 0 Å². The summed E-state index contributed by atoms with van der Waals surface area (Å²) in [6, 6.07) is 4.56. The summed E-state index contributed by atoms with van der Waals surface area (Å²) in [5.74, 6) is 1.18. The number of primary amides is 1. The van der Waals surface area contributed by atoms with Crippen molar-refractivity contribution >= 4 is 11.7 Å². The minimum absolute atomic E-state index is 0.586. The van der Waals surface area contributed by atoms with E-state index < -0.39 is 6.03 Å². The van der Waals surface area contributed by atoms with Gasteiger partial charge in [-0.1, -0.05) is 0 Å². The Kier molecular flexibility index (Phi) is 3.33. The average Bonchev–Trinajstić information content (AvgIpc) is 2.89. The van der Waals surface area contributed by atoms with Crippen molar-refractivity contribution in [2.45, 2.75) is 0 Å². The molecule has 0 aliphatic heterocycles. The van der Waals surface area contributed by atoms with Crippen molar-refractivity contribution < 1.29 is 13.9 Å². The molecule has 2 amide bonds. The predicted molar refractivity (Wildman–Crippen MR) is 64.8 cm³/mol. The maximum Gasteiger partial charge on any atom is 0.330 e. The summed E-state index contributed by atoms with van der Waals surface area (Å²) in [5, 5.41) is 0. The number of nitrogens with one attached hydrogen (secondary N) is 2. The summed E-state index contributed by atoms with van der Waals surface area (Å²) < 4.78 is 10.4. The molecule has 0 aliphatic carbocycles. The van der Waals surface area contributed by atoms with Gasteiger partial charge in [0, 0.05) is 6.07 Å². The van der Waals surface area contributed by atoms with Crippen LogP contribution < -0.4 is 21.3 Å². The highest BCUT2D eigenvalue weighted by atomic mass is 16.5. The van der Waals surface area contributed by atoms with Gasteiger partial charge in [-0.25, -0.2) is 9.78 Å². The number of hydrazine groups is 1. The largest absolute Gasteiger partial charge is 0.496 e. The molecule has 1 aromatic carbocycles. The normalized spacial score (nSPS) is 9.83. The minimum atomic E-state index is -0.673. The lowest BCUT2D eigenvalue weighted by molar-refractivity contribution is 0.250. The number of hydrogen-bond donors (Lipinski definition) is 3. The highest BCUT2D eigenvalue weighted by Crippen LogP contribution is 2.31. The number of aromatic nitrogens is 1. The first-order valence-corrected chi connectivity index (χ1v) is 5.09. The van der Waals surface area contributed by atoms with Crippen LogP contribution in [0.4, 0.5) is 10.5 Å². The van der Waals surface area contributed by atoms with E-state index in [0.29, 0.717) is 17.2 Å². The van der Waals surface area contributed by atoms with Crippen LogP contribution in [0.15, 0.2) is 35.2 Å². The van der Waals surface area contributed by atoms with Crippen LogP contribution in [0.25, 0.3) is 11.3 Å². The number of carbonyl (C=O) groups excluding carboxylic acids is 1. The van der Waals surface area contributed by atoms with Crippen LogP contribution in [-0.4, -0.2) is 18.1 Å². The fraction of sp³-hybridized carbons (Fsp3) is 0.0909. The van der Waals surface area contributed by atoms with Crippen molar-refractivity contribution in [3.8, 4) is 17.1 Å². The Morgan fingerprint density at radius 3 is 2.94 bits per heavy atom. The molecule has 0 saturated heterocycles. The minimum Gasteiger partial charge on any atom is -0.496 e. The first-order chi connectivity index (χ1) is 8.70. The van der Waals surface area contributed by atoms with Gasteiger partial charge in [0.1, 0.15) is 5.75 Å². The third-order valence-electron chi connectivity index (χ3n) is 2.23. The summed E-state index contributed by atoms with van der Waals surface area (Å²) in [7, 11) is 1.54. The lowest BCUT2D eigenvalue weighted by Crippen LogP contribution is -2.34. The van der Waals surface area contributed by atoms with E-state index in [1.54, 1.807) is 31.5 Å². The van der Waals surface area contributed by atoms with Gasteiger partial charge in [-0.3, -0.25) is 10.9 Å². The molecule has 18 heavy (non-hydrogen) atoms. The number of rotatable bonds is 4. The summed E-state index contributed by atoms with van der Waals surface area (Å²) in [6.07, 6.45) is 2.93. The maximum absolute atomic E-state index is 10.6. The van der Waals surface area contributed by atoms with Crippen LogP contribution in [-0.2, 0) is 0 Å². The number of nitrogens with zero attached hydrogens (tertiary/aromatic N) is 1. The Morgan fingerprint density at radius 1 is 1.50 bits per heavy atom. The molecular weight excluding hydrogens is 236 g/mol. The Bertz CT molecular complexity index is 539. The Hall–Kier alpha value is -2.70. The second-order valence-corrected chi connectivity index (χ2v) is 3.39. The number of benzene rings is 1. The molecule has 0 atom stereocenters. The Morgan fingerprint density at radius 2 is 2.33 bits per heavy atom. The van der Waals surface area contributed by atoms with Crippen LogP contribution in [0, 0.1) is 0 Å². The molecule has 0 saturated carbocycles. The molecule has 0 fully saturated rings. The van der Waals surface area contributed by atoms with Gasteiger partial charge in [0.25, 0.3) is 0 Å². The van der Waals surface area contributed by atoms with Gasteiger partial charge in [-0.15, -0.1) is 0 Å². The Balaban J connectivity index is 2.26. The van der Waals surface area contributed by atoms with Crippen molar-refractivity contribution in [1.82, 2.24) is 10.4 Å². The summed E-state index contributed by atoms with van der Waals surface area (Å²) in [5.41, 5.74) is 11.3. The summed E-state index contributed by atoms with van der Waals surface area (Å²) in [4.78, 5) is 14.4. The van der Waals surface area contributed by atoms with E-state index in [0.717, 1.165) is 5.56 Å². The molecule has 0 spiro atoms. The lowest BCUT2D eigenvalue weighted by atomic mass is 10.1. The first-order valence-electron chi connectivity index (χ1n) is 5.09. The molecule has 4 N–H and O–H groups in total. The molecule has 1 aromatic heterocycles. The zero-order valence-corrected chi connectivity index (χ0v) is 9.64. The third kappa shape index (κ3) is 2.51. The second-order valence-electron chi connectivity index (χ2n) is 3.39. The van der Waals surface area contributed by atoms with E-state index in [4.69, 9.17) is 14.9 Å². The van der Waals surface area contributed by atoms with E-state index >= 15 is 0 Å². The second kappa shape index (κ2) is 5.09. The average molecular weight is 248 g/mol. The molecule has 7 nitrogen and oxygen atoms in total.